The molecule has 0 unspecified atom stereocenters. The lowest BCUT2D eigenvalue weighted by Crippen LogP contribution is -2.28. The fourth-order valence-electron chi connectivity index (χ4n) is 6.19. The summed E-state index contributed by atoms with van der Waals surface area (Å²) in [5, 5.41) is 23.9. The number of hydrogen-bond acceptors (Lipinski definition) is 3. The molecule has 0 aromatic heterocycles. The molecule has 0 fully saturated rings. The molecule has 0 saturated heterocycles. The molecule has 0 atom stereocenters. The third kappa shape index (κ3) is 2.91. The predicted octanol–water partition coefficient (Wildman–Crippen LogP) is 7.58. The van der Waals surface area contributed by atoms with Gasteiger partial charge in [-0.3, -0.25) is 4.79 Å². The third-order valence-electron chi connectivity index (χ3n) is 7.80. The Morgan fingerprint density at radius 1 is 0.568 bits per heavy atom. The molecule has 0 spiro atoms. The number of aromatic hydroxyl groups is 2. The van der Waals surface area contributed by atoms with E-state index >= 15 is 0 Å². The maximum atomic E-state index is 11.8. The molecular weight excluding hydrogens is 456 g/mol. The van der Waals surface area contributed by atoms with E-state index in [1.54, 1.807) is 18.2 Å². The minimum Gasteiger partial charge on any atom is -0.508 e. The number of phenols is 2. The van der Waals surface area contributed by atoms with Crippen LogP contribution in [-0.2, 0) is 5.41 Å². The highest BCUT2D eigenvalue weighted by Gasteiger charge is 2.46. The van der Waals surface area contributed by atoms with Crippen molar-refractivity contribution in [2.45, 2.75) is 5.41 Å². The quantitative estimate of drug-likeness (QED) is 0.257. The number of benzene rings is 6. The molecule has 7 rings (SSSR count). The molecule has 1 aliphatic rings. The zero-order valence-corrected chi connectivity index (χ0v) is 19.8. The van der Waals surface area contributed by atoms with Crippen LogP contribution in [0.5, 0.6) is 11.5 Å². The van der Waals surface area contributed by atoms with Crippen LogP contribution in [0.15, 0.2) is 115 Å². The molecule has 0 heterocycles. The smallest absolute Gasteiger partial charge is 0.154 e. The molecule has 6 aromatic rings. The molecule has 3 heteroatoms. The van der Waals surface area contributed by atoms with Gasteiger partial charge in [0.25, 0.3) is 0 Å². The average Bonchev–Trinajstić information content (AvgIpc) is 3.24. The van der Waals surface area contributed by atoms with E-state index in [9.17, 15) is 15.0 Å². The van der Waals surface area contributed by atoms with Gasteiger partial charge in [0.2, 0.25) is 0 Å². The number of fused-ring (bicyclic) bond motifs is 5. The van der Waals surface area contributed by atoms with E-state index in [0.717, 1.165) is 32.7 Å². The van der Waals surface area contributed by atoms with Gasteiger partial charge in [0, 0.05) is 0 Å². The zero-order valence-electron chi connectivity index (χ0n) is 19.8. The first-order valence-electron chi connectivity index (χ1n) is 12.3. The molecule has 176 valence electrons. The van der Waals surface area contributed by atoms with Gasteiger partial charge in [-0.15, -0.1) is 0 Å². The second kappa shape index (κ2) is 7.81. The number of hydrogen-bond donors (Lipinski definition) is 2. The SMILES string of the molecule is O=Cc1c(O)ccc2cc(C3(c4ccc5cc(O)ccc5c4)c4ccccc4-c4ccccc43)ccc12. The fourth-order valence-corrected chi connectivity index (χ4v) is 6.19. The summed E-state index contributed by atoms with van der Waals surface area (Å²) < 4.78 is 0. The van der Waals surface area contributed by atoms with Gasteiger partial charge in [-0.1, -0.05) is 84.9 Å². The van der Waals surface area contributed by atoms with Crippen LogP contribution in [0, 0.1) is 0 Å². The topological polar surface area (TPSA) is 57.5 Å². The Labute approximate surface area is 213 Å². The van der Waals surface area contributed by atoms with Crippen molar-refractivity contribution in [2.75, 3.05) is 0 Å². The summed E-state index contributed by atoms with van der Waals surface area (Å²) in [5.74, 6) is 0.231. The van der Waals surface area contributed by atoms with E-state index in [4.69, 9.17) is 0 Å². The van der Waals surface area contributed by atoms with Crippen molar-refractivity contribution in [2.24, 2.45) is 0 Å². The number of rotatable bonds is 3. The van der Waals surface area contributed by atoms with E-state index < -0.39 is 5.41 Å². The van der Waals surface area contributed by atoms with Gasteiger partial charge in [0.05, 0.1) is 11.0 Å². The van der Waals surface area contributed by atoms with Crippen LogP contribution in [0.2, 0.25) is 0 Å². The van der Waals surface area contributed by atoms with Gasteiger partial charge in [0.1, 0.15) is 11.5 Å². The molecule has 37 heavy (non-hydrogen) atoms. The maximum Gasteiger partial charge on any atom is 0.154 e. The standard InChI is InChI=1S/C34H22O3/c35-20-30-27-15-13-25(18-23(27)11-16-33(30)37)34(24-12-9-22-19-26(36)14-10-21(22)17-24)31-7-3-1-5-28(31)29-6-2-4-8-32(29)34/h1-20,36-37H. The first-order chi connectivity index (χ1) is 18.1. The van der Waals surface area contributed by atoms with Gasteiger partial charge < -0.3 is 10.2 Å². The number of carbonyl (C=O) groups is 1. The minimum absolute atomic E-state index is 0.0145. The van der Waals surface area contributed by atoms with Crippen LogP contribution in [0.25, 0.3) is 32.7 Å². The Balaban J connectivity index is 1.62. The van der Waals surface area contributed by atoms with Gasteiger partial charge in [-0.2, -0.15) is 0 Å². The first kappa shape index (κ1) is 21.4. The summed E-state index contributed by atoms with van der Waals surface area (Å²) in [6.45, 7) is 0. The second-order valence-corrected chi connectivity index (χ2v) is 9.64. The van der Waals surface area contributed by atoms with E-state index in [1.165, 1.54) is 22.3 Å². The van der Waals surface area contributed by atoms with Crippen LogP contribution < -0.4 is 0 Å². The Bertz CT molecular complexity index is 1840. The van der Waals surface area contributed by atoms with E-state index in [0.29, 0.717) is 11.8 Å². The third-order valence-corrected chi connectivity index (χ3v) is 7.80. The number of carbonyl (C=O) groups excluding carboxylic acids is 1. The lowest BCUT2D eigenvalue weighted by atomic mass is 9.67. The van der Waals surface area contributed by atoms with Gasteiger partial charge in [-0.05, 0) is 85.3 Å². The molecule has 6 aromatic carbocycles. The highest BCUT2D eigenvalue weighted by Crippen LogP contribution is 2.56. The summed E-state index contributed by atoms with van der Waals surface area (Å²) in [7, 11) is 0. The summed E-state index contributed by atoms with van der Waals surface area (Å²) in [6, 6.07) is 38.6. The van der Waals surface area contributed by atoms with Gasteiger partial charge >= 0.3 is 0 Å². The van der Waals surface area contributed by atoms with Crippen LogP contribution in [-0.4, -0.2) is 16.5 Å². The lowest BCUT2D eigenvalue weighted by molar-refractivity contribution is 0.112. The molecular formula is C34H22O3. The lowest BCUT2D eigenvalue weighted by Gasteiger charge is -2.34. The highest BCUT2D eigenvalue weighted by atomic mass is 16.3. The number of aldehydes is 1. The van der Waals surface area contributed by atoms with Crippen LogP contribution in [0.1, 0.15) is 32.6 Å². The Morgan fingerprint density at radius 3 is 1.84 bits per heavy atom. The first-order valence-corrected chi connectivity index (χ1v) is 12.3. The monoisotopic (exact) mass is 478 g/mol. The van der Waals surface area contributed by atoms with Crippen molar-refractivity contribution in [1.82, 2.24) is 0 Å². The largest absolute Gasteiger partial charge is 0.508 e. The van der Waals surface area contributed by atoms with Crippen molar-refractivity contribution in [3.8, 4) is 22.6 Å². The predicted molar refractivity (Wildman–Crippen MR) is 147 cm³/mol. The summed E-state index contributed by atoms with van der Waals surface area (Å²) in [6.07, 6.45) is 0.714. The van der Waals surface area contributed by atoms with E-state index in [2.05, 4.69) is 78.9 Å². The molecule has 3 nitrogen and oxygen atoms in total. The molecule has 0 radical (unpaired) electrons. The van der Waals surface area contributed by atoms with Crippen molar-refractivity contribution in [3.05, 3.63) is 143 Å². The van der Waals surface area contributed by atoms with Crippen molar-refractivity contribution >= 4 is 27.8 Å². The summed E-state index contributed by atoms with van der Waals surface area (Å²) in [5.41, 5.74) is 6.70. The Kier molecular flexibility index (Phi) is 4.51. The molecule has 0 aliphatic heterocycles. The van der Waals surface area contributed by atoms with Crippen molar-refractivity contribution in [3.63, 3.8) is 0 Å². The highest BCUT2D eigenvalue weighted by molar-refractivity contribution is 6.01. The van der Waals surface area contributed by atoms with Crippen LogP contribution in [0.3, 0.4) is 0 Å². The Hall–Kier alpha value is -4.89. The molecule has 2 N–H and O–H groups in total. The Morgan fingerprint density at radius 2 is 1.14 bits per heavy atom. The van der Waals surface area contributed by atoms with Crippen LogP contribution >= 0.6 is 0 Å². The molecule has 0 amide bonds. The zero-order chi connectivity index (χ0) is 25.1. The van der Waals surface area contributed by atoms with E-state index in [-0.39, 0.29) is 11.5 Å². The minimum atomic E-state index is -0.591. The fraction of sp³-hybridized carbons (Fsp3) is 0.0294. The molecule has 0 saturated carbocycles. The molecule has 0 bridgehead atoms. The summed E-state index contributed by atoms with van der Waals surface area (Å²) in [4.78, 5) is 11.8. The van der Waals surface area contributed by atoms with Crippen molar-refractivity contribution in [1.29, 1.82) is 0 Å². The number of phenolic OH excluding ortho intramolecular Hbond substituents is 2. The second-order valence-electron chi connectivity index (χ2n) is 9.64. The normalized spacial score (nSPS) is 13.4. The molecule has 1 aliphatic carbocycles. The maximum absolute atomic E-state index is 11.8. The van der Waals surface area contributed by atoms with Gasteiger partial charge in [0.15, 0.2) is 6.29 Å². The van der Waals surface area contributed by atoms with Crippen molar-refractivity contribution < 1.29 is 15.0 Å². The average molecular weight is 479 g/mol. The van der Waals surface area contributed by atoms with Crippen LogP contribution in [0.4, 0.5) is 0 Å². The van der Waals surface area contributed by atoms with E-state index in [1.807, 2.05) is 18.2 Å². The van der Waals surface area contributed by atoms with Gasteiger partial charge in [-0.25, -0.2) is 0 Å². The summed E-state index contributed by atoms with van der Waals surface area (Å²) >= 11 is 0.